The van der Waals surface area contributed by atoms with Crippen LogP contribution in [0, 0.1) is 0 Å². The van der Waals surface area contributed by atoms with E-state index in [0.717, 1.165) is 11.3 Å². The molecule has 2 aromatic carbocycles. The van der Waals surface area contributed by atoms with Gasteiger partial charge in [0.1, 0.15) is 5.75 Å². The van der Waals surface area contributed by atoms with Crippen molar-refractivity contribution in [2.45, 2.75) is 46.0 Å². The van der Waals surface area contributed by atoms with Crippen molar-refractivity contribution in [3.8, 4) is 16.9 Å². The van der Waals surface area contributed by atoms with Crippen molar-refractivity contribution in [1.29, 1.82) is 0 Å². The van der Waals surface area contributed by atoms with Gasteiger partial charge in [0.25, 0.3) is 0 Å². The molecular formula is C20H25ClO. The Morgan fingerprint density at radius 3 is 2.23 bits per heavy atom. The molecule has 0 heterocycles. The van der Waals surface area contributed by atoms with Crippen molar-refractivity contribution in [2.75, 3.05) is 6.61 Å². The summed E-state index contributed by atoms with van der Waals surface area (Å²) in [7, 11) is 0. The summed E-state index contributed by atoms with van der Waals surface area (Å²) in [6.07, 6.45) is 6.40. The third-order valence-electron chi connectivity index (χ3n) is 3.84. The molecule has 0 aliphatic carbocycles. The quantitative estimate of drug-likeness (QED) is 0.503. The van der Waals surface area contributed by atoms with Gasteiger partial charge < -0.3 is 4.74 Å². The first-order chi connectivity index (χ1) is 10.7. The van der Waals surface area contributed by atoms with E-state index in [4.69, 9.17) is 16.3 Å². The third-order valence-corrected chi connectivity index (χ3v) is 4.13. The Bertz CT molecular complexity index is 575. The maximum atomic E-state index is 6.26. The van der Waals surface area contributed by atoms with Crippen LogP contribution in [-0.4, -0.2) is 6.61 Å². The topological polar surface area (TPSA) is 9.23 Å². The van der Waals surface area contributed by atoms with E-state index in [0.29, 0.717) is 11.6 Å². The molecule has 0 bridgehead atoms. The number of halogens is 1. The molecule has 22 heavy (non-hydrogen) atoms. The molecule has 0 unspecified atom stereocenters. The highest BCUT2D eigenvalue weighted by atomic mass is 35.5. The van der Waals surface area contributed by atoms with E-state index in [9.17, 15) is 0 Å². The molecule has 0 saturated carbocycles. The molecule has 0 aliphatic rings. The van der Waals surface area contributed by atoms with Gasteiger partial charge in [0, 0.05) is 0 Å². The fraction of sp³-hybridized carbons (Fsp3) is 0.400. The van der Waals surface area contributed by atoms with Crippen molar-refractivity contribution in [2.24, 2.45) is 0 Å². The zero-order chi connectivity index (χ0) is 15.8. The first kappa shape index (κ1) is 16.9. The number of rotatable bonds is 8. The predicted octanol–water partition coefficient (Wildman–Crippen LogP) is 6.53. The molecule has 0 N–H and O–H groups in total. The standard InChI is InChI=1S/C20H25ClO/c1-3-5-6-7-8-16-9-11-17(12-10-16)18-13-14-20(22-4-2)19(21)15-18/h9-15H,3-8H2,1-2H3. The van der Waals surface area contributed by atoms with E-state index in [1.54, 1.807) is 0 Å². The van der Waals surface area contributed by atoms with Crippen molar-refractivity contribution in [3.63, 3.8) is 0 Å². The molecule has 0 atom stereocenters. The molecule has 0 aromatic heterocycles. The average Bonchev–Trinajstić information content (AvgIpc) is 2.54. The smallest absolute Gasteiger partial charge is 0.137 e. The van der Waals surface area contributed by atoms with Crippen LogP contribution >= 0.6 is 11.6 Å². The summed E-state index contributed by atoms with van der Waals surface area (Å²) in [5, 5.41) is 0.669. The van der Waals surface area contributed by atoms with Gasteiger partial charge in [-0.3, -0.25) is 0 Å². The Hall–Kier alpha value is -1.47. The number of ether oxygens (including phenoxy) is 1. The lowest BCUT2D eigenvalue weighted by molar-refractivity contribution is 0.340. The van der Waals surface area contributed by atoms with Crippen LogP contribution in [0.25, 0.3) is 11.1 Å². The normalized spacial score (nSPS) is 10.7. The second-order valence-corrected chi connectivity index (χ2v) is 5.99. The number of benzene rings is 2. The number of hydrogen-bond donors (Lipinski definition) is 0. The van der Waals surface area contributed by atoms with E-state index < -0.39 is 0 Å². The van der Waals surface area contributed by atoms with Crippen LogP contribution in [-0.2, 0) is 6.42 Å². The van der Waals surface area contributed by atoms with E-state index >= 15 is 0 Å². The van der Waals surface area contributed by atoms with Crippen LogP contribution in [0.5, 0.6) is 5.75 Å². The summed E-state index contributed by atoms with van der Waals surface area (Å²) in [5.41, 5.74) is 3.74. The van der Waals surface area contributed by atoms with Crippen LogP contribution < -0.4 is 4.74 Å². The van der Waals surface area contributed by atoms with E-state index in [2.05, 4.69) is 37.3 Å². The SMILES string of the molecule is CCCCCCc1ccc(-c2ccc(OCC)c(Cl)c2)cc1. The highest BCUT2D eigenvalue weighted by Gasteiger charge is 2.04. The highest BCUT2D eigenvalue weighted by Crippen LogP contribution is 2.30. The largest absolute Gasteiger partial charge is 0.492 e. The van der Waals surface area contributed by atoms with Gasteiger partial charge in [-0.1, -0.05) is 68.1 Å². The molecule has 0 radical (unpaired) electrons. The van der Waals surface area contributed by atoms with Gasteiger partial charge in [0.15, 0.2) is 0 Å². The summed E-state index contributed by atoms with van der Waals surface area (Å²) >= 11 is 6.26. The van der Waals surface area contributed by atoms with Gasteiger partial charge >= 0.3 is 0 Å². The Morgan fingerprint density at radius 1 is 0.864 bits per heavy atom. The molecule has 2 aromatic rings. The summed E-state index contributed by atoms with van der Waals surface area (Å²) in [6, 6.07) is 14.8. The Balaban J connectivity index is 2.02. The van der Waals surface area contributed by atoms with Crippen LogP contribution in [0.4, 0.5) is 0 Å². The second-order valence-electron chi connectivity index (χ2n) is 5.59. The zero-order valence-corrected chi connectivity index (χ0v) is 14.3. The molecule has 0 aliphatic heterocycles. The van der Waals surface area contributed by atoms with Crippen molar-refractivity contribution in [3.05, 3.63) is 53.1 Å². The van der Waals surface area contributed by atoms with Crippen molar-refractivity contribution < 1.29 is 4.74 Å². The van der Waals surface area contributed by atoms with Crippen LogP contribution in [0.3, 0.4) is 0 Å². The summed E-state index contributed by atoms with van der Waals surface area (Å²) in [5.74, 6) is 0.750. The highest BCUT2D eigenvalue weighted by molar-refractivity contribution is 6.32. The molecule has 0 amide bonds. The van der Waals surface area contributed by atoms with Gasteiger partial charge in [0.05, 0.1) is 11.6 Å². The van der Waals surface area contributed by atoms with Crippen molar-refractivity contribution in [1.82, 2.24) is 0 Å². The number of unbranched alkanes of at least 4 members (excludes halogenated alkanes) is 3. The van der Waals surface area contributed by atoms with E-state index in [1.165, 1.54) is 43.2 Å². The van der Waals surface area contributed by atoms with Gasteiger partial charge in [-0.05, 0) is 48.6 Å². The fourth-order valence-electron chi connectivity index (χ4n) is 2.57. The lowest BCUT2D eigenvalue weighted by Crippen LogP contribution is -1.92. The van der Waals surface area contributed by atoms with Crippen LogP contribution in [0.1, 0.15) is 45.1 Å². The Kier molecular flexibility index (Phi) is 6.79. The number of hydrogen-bond acceptors (Lipinski definition) is 1. The summed E-state index contributed by atoms with van der Waals surface area (Å²) in [4.78, 5) is 0. The average molecular weight is 317 g/mol. The monoisotopic (exact) mass is 316 g/mol. The minimum Gasteiger partial charge on any atom is -0.492 e. The molecule has 0 saturated heterocycles. The van der Waals surface area contributed by atoms with Crippen LogP contribution in [0.2, 0.25) is 5.02 Å². The first-order valence-electron chi connectivity index (χ1n) is 8.26. The zero-order valence-electron chi connectivity index (χ0n) is 13.6. The Morgan fingerprint density at radius 2 is 1.59 bits per heavy atom. The van der Waals surface area contributed by atoms with Gasteiger partial charge in [0.2, 0.25) is 0 Å². The number of aryl methyl sites for hydroxylation is 1. The molecule has 118 valence electrons. The van der Waals surface area contributed by atoms with E-state index in [1.807, 2.05) is 19.1 Å². The summed E-state index contributed by atoms with van der Waals surface area (Å²) < 4.78 is 5.48. The minimum atomic E-state index is 0.631. The summed E-state index contributed by atoms with van der Waals surface area (Å²) in [6.45, 7) is 4.84. The maximum absolute atomic E-state index is 6.26. The Labute approximate surface area is 139 Å². The molecular weight excluding hydrogens is 292 g/mol. The van der Waals surface area contributed by atoms with Gasteiger partial charge in [-0.2, -0.15) is 0 Å². The van der Waals surface area contributed by atoms with Gasteiger partial charge in [-0.15, -0.1) is 0 Å². The second kappa shape index (κ2) is 8.85. The molecule has 0 fully saturated rings. The van der Waals surface area contributed by atoms with Crippen molar-refractivity contribution >= 4 is 11.6 Å². The first-order valence-corrected chi connectivity index (χ1v) is 8.64. The molecule has 2 heteroatoms. The molecule has 1 nitrogen and oxygen atoms in total. The lowest BCUT2D eigenvalue weighted by atomic mass is 10.0. The van der Waals surface area contributed by atoms with Gasteiger partial charge in [-0.25, -0.2) is 0 Å². The maximum Gasteiger partial charge on any atom is 0.137 e. The van der Waals surface area contributed by atoms with E-state index in [-0.39, 0.29) is 0 Å². The third kappa shape index (κ3) is 4.78. The predicted molar refractivity (Wildman–Crippen MR) is 95.9 cm³/mol. The van der Waals surface area contributed by atoms with Crippen LogP contribution in [0.15, 0.2) is 42.5 Å². The molecule has 2 rings (SSSR count). The molecule has 0 spiro atoms. The lowest BCUT2D eigenvalue weighted by Gasteiger charge is -2.09. The minimum absolute atomic E-state index is 0.631. The fourth-order valence-corrected chi connectivity index (χ4v) is 2.81.